The van der Waals surface area contributed by atoms with Crippen molar-refractivity contribution in [1.82, 2.24) is 19.5 Å². The second-order valence-corrected chi connectivity index (χ2v) is 14.8. The highest BCUT2D eigenvalue weighted by molar-refractivity contribution is 6.74. The first-order valence-electron chi connectivity index (χ1n) is 11.3. The molecular formula is C23H32N6O4Si. The Hall–Kier alpha value is -2.70. The molecule has 1 aliphatic rings. The number of nitrogens with zero attached hydrogens (tertiary/aromatic N) is 4. The molecule has 4 rings (SSSR count). The van der Waals surface area contributed by atoms with E-state index in [0.29, 0.717) is 22.5 Å². The molecule has 11 heteroatoms. The van der Waals surface area contributed by atoms with Crippen molar-refractivity contribution in [3.8, 4) is 0 Å². The Morgan fingerprint density at radius 2 is 1.94 bits per heavy atom. The number of nitrogens with one attached hydrogen (secondary N) is 1. The van der Waals surface area contributed by atoms with E-state index in [1.807, 2.05) is 6.07 Å². The lowest BCUT2D eigenvalue weighted by Crippen LogP contribution is -2.51. The van der Waals surface area contributed by atoms with Crippen LogP contribution >= 0.6 is 0 Å². The van der Waals surface area contributed by atoms with E-state index < -0.39 is 32.8 Å². The van der Waals surface area contributed by atoms with E-state index >= 15 is 0 Å². The minimum absolute atomic E-state index is 0.0391. The lowest BCUT2D eigenvalue weighted by Gasteiger charge is -2.40. The molecule has 1 aliphatic heterocycles. The molecular weight excluding hydrogens is 452 g/mol. The summed E-state index contributed by atoms with van der Waals surface area (Å²) < 4.78 is 14.5. The molecule has 4 atom stereocenters. The maximum Gasteiger partial charge on any atom is 0.256 e. The second kappa shape index (κ2) is 9.15. The number of aliphatic hydroxyl groups is 1. The van der Waals surface area contributed by atoms with Gasteiger partial charge in [0.1, 0.15) is 18.5 Å². The van der Waals surface area contributed by atoms with Gasteiger partial charge in [-0.15, -0.1) is 0 Å². The minimum Gasteiger partial charge on any atom is -0.408 e. The van der Waals surface area contributed by atoms with Crippen molar-refractivity contribution in [1.29, 1.82) is 0 Å². The maximum atomic E-state index is 12.7. The average molecular weight is 485 g/mol. The number of carbonyl (C=O) groups excluding carboxylic acids is 1. The number of carbonyl (C=O) groups is 1. The molecule has 34 heavy (non-hydrogen) atoms. The predicted molar refractivity (Wildman–Crippen MR) is 131 cm³/mol. The van der Waals surface area contributed by atoms with Crippen molar-refractivity contribution in [3.05, 3.63) is 48.5 Å². The van der Waals surface area contributed by atoms with E-state index in [4.69, 9.17) is 14.9 Å². The van der Waals surface area contributed by atoms with Gasteiger partial charge in [-0.05, 0) is 30.3 Å². The van der Waals surface area contributed by atoms with Crippen molar-refractivity contribution < 1.29 is 19.1 Å². The number of nitrogens with two attached hydrogens (primary N) is 1. The van der Waals surface area contributed by atoms with Crippen molar-refractivity contribution in [3.63, 3.8) is 0 Å². The van der Waals surface area contributed by atoms with Gasteiger partial charge in [0.05, 0.1) is 19.0 Å². The molecule has 1 fully saturated rings. The van der Waals surface area contributed by atoms with E-state index in [0.717, 1.165) is 0 Å². The lowest BCUT2D eigenvalue weighted by molar-refractivity contribution is -0.0462. The molecule has 1 aromatic carbocycles. The largest absolute Gasteiger partial charge is 0.408 e. The maximum absolute atomic E-state index is 12.7. The van der Waals surface area contributed by atoms with Crippen molar-refractivity contribution in [2.24, 2.45) is 5.73 Å². The van der Waals surface area contributed by atoms with Crippen LogP contribution in [-0.2, 0) is 9.16 Å². The summed E-state index contributed by atoms with van der Waals surface area (Å²) in [7, 11) is -2.21. The van der Waals surface area contributed by atoms with Crippen LogP contribution in [0.25, 0.3) is 11.2 Å². The summed E-state index contributed by atoms with van der Waals surface area (Å²) >= 11 is 0. The number of benzene rings is 1. The van der Waals surface area contributed by atoms with Gasteiger partial charge in [0.15, 0.2) is 31.5 Å². The van der Waals surface area contributed by atoms with Crippen LogP contribution in [-0.4, -0.2) is 63.7 Å². The Kier molecular flexibility index (Phi) is 6.58. The zero-order valence-corrected chi connectivity index (χ0v) is 21.1. The zero-order valence-electron chi connectivity index (χ0n) is 20.1. The fourth-order valence-corrected chi connectivity index (χ4v) is 5.00. The van der Waals surface area contributed by atoms with Gasteiger partial charge in [-0.3, -0.25) is 9.36 Å². The molecule has 0 spiro atoms. The van der Waals surface area contributed by atoms with Gasteiger partial charge in [-0.25, -0.2) is 15.0 Å². The van der Waals surface area contributed by atoms with E-state index in [2.05, 4.69) is 54.1 Å². The SMILES string of the molecule is CC(C)(C)[Si](C)(C)OC1[C@H](n2cnc3c(NC(=O)c4ccccc4)ncnc32)O[C@H](CO)[C@H]1N. The average Bonchev–Trinajstić information content (AvgIpc) is 3.35. The number of fused-ring (bicyclic) bond motifs is 1. The number of hydrogen-bond donors (Lipinski definition) is 3. The lowest BCUT2D eigenvalue weighted by atomic mass is 10.1. The molecule has 1 saturated heterocycles. The Morgan fingerprint density at radius 3 is 2.59 bits per heavy atom. The highest BCUT2D eigenvalue weighted by Gasteiger charge is 2.49. The number of imidazole rings is 1. The highest BCUT2D eigenvalue weighted by Crippen LogP contribution is 2.42. The second-order valence-electron chi connectivity index (χ2n) is 10.0. The Balaban J connectivity index is 1.68. The quantitative estimate of drug-likeness (QED) is 0.454. The molecule has 4 N–H and O–H groups in total. The summed E-state index contributed by atoms with van der Waals surface area (Å²) in [5.41, 5.74) is 7.87. The molecule has 0 aliphatic carbocycles. The molecule has 2 aromatic heterocycles. The van der Waals surface area contributed by atoms with E-state index in [-0.39, 0.29) is 17.6 Å². The topological polar surface area (TPSA) is 137 Å². The van der Waals surface area contributed by atoms with Crippen LogP contribution in [0.5, 0.6) is 0 Å². The summed E-state index contributed by atoms with van der Waals surface area (Å²) in [5, 5.41) is 12.6. The number of rotatable bonds is 6. The van der Waals surface area contributed by atoms with Crippen molar-refractivity contribution >= 4 is 31.2 Å². The number of hydrogen-bond acceptors (Lipinski definition) is 8. The van der Waals surface area contributed by atoms with Gasteiger partial charge in [-0.1, -0.05) is 39.0 Å². The molecule has 3 aromatic rings. The number of ether oxygens (including phenoxy) is 1. The molecule has 10 nitrogen and oxygen atoms in total. The van der Waals surface area contributed by atoms with Crippen LogP contribution in [0.1, 0.15) is 37.4 Å². The minimum atomic E-state index is -2.21. The normalized spacial score (nSPS) is 23.4. The number of anilines is 1. The Labute approximate surface area is 199 Å². The first-order chi connectivity index (χ1) is 16.0. The molecule has 0 saturated carbocycles. The van der Waals surface area contributed by atoms with Crippen LogP contribution in [0, 0.1) is 0 Å². The first-order valence-corrected chi connectivity index (χ1v) is 14.2. The van der Waals surface area contributed by atoms with Gasteiger partial charge in [0.2, 0.25) is 0 Å². The Morgan fingerprint density at radius 1 is 1.24 bits per heavy atom. The van der Waals surface area contributed by atoms with Crippen molar-refractivity contribution in [2.75, 3.05) is 11.9 Å². The van der Waals surface area contributed by atoms with Crippen molar-refractivity contribution in [2.45, 2.75) is 63.4 Å². The van der Waals surface area contributed by atoms with Crippen LogP contribution in [0.15, 0.2) is 43.0 Å². The zero-order chi connectivity index (χ0) is 24.7. The van der Waals surface area contributed by atoms with Gasteiger partial charge in [0.25, 0.3) is 5.91 Å². The predicted octanol–water partition coefficient (Wildman–Crippen LogP) is 2.69. The molecule has 1 amide bonds. The fraction of sp³-hybridized carbons (Fsp3) is 0.478. The van der Waals surface area contributed by atoms with Gasteiger partial charge in [-0.2, -0.15) is 0 Å². The van der Waals surface area contributed by atoms with E-state index in [1.54, 1.807) is 35.2 Å². The van der Waals surface area contributed by atoms with E-state index in [9.17, 15) is 9.90 Å². The fourth-order valence-electron chi connectivity index (χ4n) is 3.69. The van der Waals surface area contributed by atoms with E-state index in [1.165, 1.54) is 6.33 Å². The first kappa shape index (κ1) is 24.4. The Bertz CT molecular complexity index is 1160. The standard InChI is InChI=1S/C23H32N6O4Si/c1-23(2,3)34(4,5)33-18-16(24)15(11-30)32-22(18)29-13-27-17-19(25-12-26-20(17)29)28-21(31)14-9-7-6-8-10-14/h6-10,12-13,15-16,18,22,30H,11,24H2,1-5H3,(H,25,26,28,31)/t15-,16-,18?,22-/m1/s1. The van der Waals surface area contributed by atoms with Gasteiger partial charge >= 0.3 is 0 Å². The number of aliphatic hydroxyl groups excluding tert-OH is 1. The van der Waals surface area contributed by atoms with Crippen LogP contribution in [0.4, 0.5) is 5.82 Å². The van der Waals surface area contributed by atoms with Crippen LogP contribution in [0.2, 0.25) is 18.1 Å². The summed E-state index contributed by atoms with van der Waals surface area (Å²) in [6, 6.07) is 8.34. The van der Waals surface area contributed by atoms with Gasteiger partial charge < -0.3 is 25.3 Å². The third-order valence-corrected chi connectivity index (χ3v) is 11.2. The third-order valence-electron chi connectivity index (χ3n) is 6.72. The van der Waals surface area contributed by atoms with Crippen LogP contribution < -0.4 is 11.1 Å². The highest BCUT2D eigenvalue weighted by atomic mass is 28.4. The number of aromatic nitrogens is 4. The summed E-state index contributed by atoms with van der Waals surface area (Å²) in [4.78, 5) is 25.7. The summed E-state index contributed by atoms with van der Waals surface area (Å²) in [5.74, 6) is -0.00533. The molecule has 182 valence electrons. The number of amides is 1. The monoisotopic (exact) mass is 484 g/mol. The van der Waals surface area contributed by atoms with Crippen LogP contribution in [0.3, 0.4) is 0 Å². The smallest absolute Gasteiger partial charge is 0.256 e. The molecule has 1 unspecified atom stereocenters. The summed E-state index contributed by atoms with van der Waals surface area (Å²) in [6.45, 7) is 10.5. The molecule has 3 heterocycles. The van der Waals surface area contributed by atoms with Gasteiger partial charge in [0, 0.05) is 5.56 Å². The molecule has 0 radical (unpaired) electrons. The third kappa shape index (κ3) is 4.49. The summed E-state index contributed by atoms with van der Waals surface area (Å²) in [6.07, 6.45) is 1.21. The molecule has 0 bridgehead atoms.